The molecule has 1 aromatic heterocycles. The van der Waals surface area contributed by atoms with E-state index in [0.717, 1.165) is 25.7 Å². The molecule has 0 aliphatic carbocycles. The van der Waals surface area contributed by atoms with E-state index in [1.807, 2.05) is 0 Å². The van der Waals surface area contributed by atoms with Crippen molar-refractivity contribution in [3.63, 3.8) is 0 Å². The molecule has 1 aromatic rings. The Morgan fingerprint density at radius 1 is 1.47 bits per heavy atom. The maximum Gasteiger partial charge on any atom is 0.260 e. The highest BCUT2D eigenvalue weighted by Crippen LogP contribution is 2.24. The van der Waals surface area contributed by atoms with Gasteiger partial charge in [0, 0.05) is 17.9 Å². The van der Waals surface area contributed by atoms with Crippen LogP contribution in [0.5, 0.6) is 0 Å². The van der Waals surface area contributed by atoms with Gasteiger partial charge in [0.15, 0.2) is 5.03 Å². The highest BCUT2D eigenvalue weighted by atomic mass is 79.9. The molecule has 0 radical (unpaired) electrons. The van der Waals surface area contributed by atoms with E-state index in [2.05, 4.69) is 26.1 Å². The van der Waals surface area contributed by atoms with E-state index >= 15 is 0 Å². The van der Waals surface area contributed by atoms with E-state index in [1.54, 1.807) is 4.31 Å². The average Bonchev–Trinajstić information content (AvgIpc) is 2.74. The van der Waals surface area contributed by atoms with Crippen LogP contribution in [0.1, 0.15) is 25.7 Å². The summed E-state index contributed by atoms with van der Waals surface area (Å²) in [6.07, 6.45) is 5.49. The fourth-order valence-electron chi connectivity index (χ4n) is 2.13. The molecule has 1 aliphatic heterocycles. The number of H-pyrrole nitrogens is 1. The Morgan fingerprint density at radius 2 is 2.29 bits per heavy atom. The molecule has 5 nitrogen and oxygen atoms in total. The van der Waals surface area contributed by atoms with Crippen molar-refractivity contribution < 1.29 is 8.42 Å². The van der Waals surface area contributed by atoms with Gasteiger partial charge in [-0.05, 0) is 18.9 Å². The van der Waals surface area contributed by atoms with Gasteiger partial charge >= 0.3 is 0 Å². The second-order valence-electron chi connectivity index (χ2n) is 4.19. The molecule has 0 spiro atoms. The second kappa shape index (κ2) is 5.49. The van der Waals surface area contributed by atoms with Crippen molar-refractivity contribution >= 4 is 26.0 Å². The van der Waals surface area contributed by atoms with Crippen LogP contribution in [0.4, 0.5) is 0 Å². The van der Waals surface area contributed by atoms with Crippen LogP contribution in [0.15, 0.2) is 17.3 Å². The molecule has 17 heavy (non-hydrogen) atoms. The summed E-state index contributed by atoms with van der Waals surface area (Å²) in [4.78, 5) is 0. The Labute approximate surface area is 110 Å². The van der Waals surface area contributed by atoms with E-state index in [0.29, 0.717) is 11.9 Å². The number of halogens is 1. The molecule has 1 atom stereocenters. The molecule has 1 fully saturated rings. The Morgan fingerprint density at radius 3 is 2.94 bits per heavy atom. The highest BCUT2D eigenvalue weighted by molar-refractivity contribution is 9.09. The van der Waals surface area contributed by atoms with E-state index < -0.39 is 10.0 Å². The van der Waals surface area contributed by atoms with Crippen molar-refractivity contribution in [3.05, 3.63) is 12.3 Å². The maximum absolute atomic E-state index is 12.4. The quantitative estimate of drug-likeness (QED) is 0.862. The molecule has 0 aromatic carbocycles. The zero-order chi connectivity index (χ0) is 12.3. The third kappa shape index (κ3) is 2.71. The van der Waals surface area contributed by atoms with E-state index in [-0.39, 0.29) is 11.1 Å². The second-order valence-corrected chi connectivity index (χ2v) is 6.70. The summed E-state index contributed by atoms with van der Waals surface area (Å²) in [5.41, 5.74) is 0. The van der Waals surface area contributed by atoms with Crippen LogP contribution in [-0.4, -0.2) is 40.8 Å². The molecule has 2 heterocycles. The Kier molecular flexibility index (Phi) is 4.22. The molecule has 96 valence electrons. The number of nitrogens with zero attached hydrogens (tertiary/aromatic N) is 2. The number of nitrogens with one attached hydrogen (secondary N) is 1. The number of hydrogen-bond acceptors (Lipinski definition) is 3. The van der Waals surface area contributed by atoms with Gasteiger partial charge < -0.3 is 0 Å². The third-order valence-electron chi connectivity index (χ3n) is 3.06. The fourth-order valence-corrected chi connectivity index (χ4v) is 4.59. The van der Waals surface area contributed by atoms with Gasteiger partial charge in [0.2, 0.25) is 0 Å². The Balaban J connectivity index is 2.29. The molecule has 0 amide bonds. The van der Waals surface area contributed by atoms with E-state index in [1.165, 1.54) is 12.3 Å². The van der Waals surface area contributed by atoms with E-state index in [9.17, 15) is 8.42 Å². The van der Waals surface area contributed by atoms with Crippen molar-refractivity contribution in [2.24, 2.45) is 0 Å². The summed E-state index contributed by atoms with van der Waals surface area (Å²) in [5.74, 6) is 0. The Hall–Kier alpha value is -0.400. The van der Waals surface area contributed by atoms with Gasteiger partial charge in [-0.2, -0.15) is 9.40 Å². The number of rotatable bonds is 3. The van der Waals surface area contributed by atoms with Crippen molar-refractivity contribution in [1.29, 1.82) is 0 Å². The minimum absolute atomic E-state index is 0.0470. The van der Waals surface area contributed by atoms with Crippen LogP contribution >= 0.6 is 15.9 Å². The smallest absolute Gasteiger partial charge is 0.260 e. The van der Waals surface area contributed by atoms with E-state index in [4.69, 9.17) is 0 Å². The van der Waals surface area contributed by atoms with Crippen LogP contribution in [0.3, 0.4) is 0 Å². The maximum atomic E-state index is 12.4. The molecular formula is C10H16BrN3O2S. The minimum Gasteiger partial charge on any atom is -0.266 e. The van der Waals surface area contributed by atoms with Gasteiger partial charge in [0.25, 0.3) is 10.0 Å². The minimum atomic E-state index is -3.42. The summed E-state index contributed by atoms with van der Waals surface area (Å²) < 4.78 is 26.4. The lowest BCUT2D eigenvalue weighted by molar-refractivity contribution is 0.346. The highest BCUT2D eigenvalue weighted by Gasteiger charge is 2.32. The van der Waals surface area contributed by atoms with Gasteiger partial charge in [-0.1, -0.05) is 28.8 Å². The predicted molar refractivity (Wildman–Crippen MR) is 68.5 cm³/mol. The molecule has 1 aliphatic rings. The first-order valence-corrected chi connectivity index (χ1v) is 8.29. The van der Waals surface area contributed by atoms with Crippen LogP contribution in [0, 0.1) is 0 Å². The number of alkyl halides is 1. The average molecular weight is 322 g/mol. The lowest BCUT2D eigenvalue weighted by atomic mass is 10.1. The van der Waals surface area contributed by atoms with Gasteiger partial charge in [0.1, 0.15) is 0 Å². The van der Waals surface area contributed by atoms with Crippen molar-refractivity contribution in [3.8, 4) is 0 Å². The molecule has 0 saturated carbocycles. The first kappa shape index (κ1) is 13.0. The Bertz CT molecular complexity index is 446. The molecule has 1 saturated heterocycles. The standard InChI is InChI=1S/C10H16BrN3O2S/c11-8-9-4-2-1-3-7-14(9)17(15,16)10-5-6-12-13-10/h5-6,9H,1-4,7-8H2,(H,12,13). The largest absolute Gasteiger partial charge is 0.266 e. The van der Waals surface area contributed by atoms with Crippen LogP contribution in [0.25, 0.3) is 0 Å². The molecule has 0 bridgehead atoms. The van der Waals surface area contributed by atoms with Crippen molar-refractivity contribution in [2.75, 3.05) is 11.9 Å². The molecular weight excluding hydrogens is 306 g/mol. The summed E-state index contributed by atoms with van der Waals surface area (Å²) in [6, 6.07) is 1.55. The lowest BCUT2D eigenvalue weighted by Crippen LogP contribution is -2.41. The number of sulfonamides is 1. The van der Waals surface area contributed by atoms with Crippen LogP contribution in [-0.2, 0) is 10.0 Å². The predicted octanol–water partition coefficient (Wildman–Crippen LogP) is 1.74. The molecule has 1 unspecified atom stereocenters. The topological polar surface area (TPSA) is 66.1 Å². The van der Waals surface area contributed by atoms with Crippen LogP contribution in [0.2, 0.25) is 0 Å². The molecule has 1 N–H and O–H groups in total. The zero-order valence-corrected chi connectivity index (χ0v) is 11.9. The number of aromatic nitrogens is 2. The van der Waals surface area contributed by atoms with Crippen molar-refractivity contribution in [1.82, 2.24) is 14.5 Å². The molecule has 7 heteroatoms. The first-order valence-electron chi connectivity index (χ1n) is 5.73. The van der Waals surface area contributed by atoms with Crippen LogP contribution < -0.4 is 0 Å². The van der Waals surface area contributed by atoms with Gasteiger partial charge in [-0.15, -0.1) is 0 Å². The summed E-state index contributed by atoms with van der Waals surface area (Å²) in [7, 11) is -3.42. The van der Waals surface area contributed by atoms with Crippen molar-refractivity contribution in [2.45, 2.75) is 36.8 Å². The monoisotopic (exact) mass is 321 g/mol. The normalized spacial score (nSPS) is 23.5. The summed E-state index contributed by atoms with van der Waals surface area (Å²) >= 11 is 3.41. The lowest BCUT2D eigenvalue weighted by Gasteiger charge is -2.26. The zero-order valence-electron chi connectivity index (χ0n) is 9.47. The van der Waals surface area contributed by atoms with Gasteiger partial charge in [-0.25, -0.2) is 8.42 Å². The third-order valence-corrected chi connectivity index (χ3v) is 5.69. The summed E-state index contributed by atoms with van der Waals surface area (Å²) in [5, 5.41) is 7.13. The SMILES string of the molecule is O=S(=O)(c1ccn[nH]1)N1CCCCCC1CBr. The van der Waals surface area contributed by atoms with Gasteiger partial charge in [0.05, 0.1) is 6.20 Å². The number of hydrogen-bond donors (Lipinski definition) is 1. The number of aromatic amines is 1. The fraction of sp³-hybridized carbons (Fsp3) is 0.700. The first-order chi connectivity index (χ1) is 8.16. The summed E-state index contributed by atoms with van der Waals surface area (Å²) in [6.45, 7) is 0.595. The molecule has 2 rings (SSSR count). The van der Waals surface area contributed by atoms with Gasteiger partial charge in [-0.3, -0.25) is 5.10 Å².